The predicted octanol–water partition coefficient (Wildman–Crippen LogP) is 5.59. The summed E-state index contributed by atoms with van der Waals surface area (Å²) in [7, 11) is 0. The molecule has 2 heterocycles. The largest absolute Gasteiger partial charge is 0.277 e. The van der Waals surface area contributed by atoms with Gasteiger partial charge < -0.3 is 0 Å². The van der Waals surface area contributed by atoms with Crippen molar-refractivity contribution in [1.29, 1.82) is 0 Å². The third-order valence-electron chi connectivity index (χ3n) is 4.18. The predicted molar refractivity (Wildman–Crippen MR) is 103 cm³/mol. The molecule has 1 N–H and O–H groups in total. The molecule has 2 aromatic carbocycles. The molecule has 132 valence electrons. The van der Waals surface area contributed by atoms with Crippen LogP contribution in [0, 0.1) is 11.6 Å². The van der Waals surface area contributed by atoms with Crippen LogP contribution in [0.5, 0.6) is 0 Å². The summed E-state index contributed by atoms with van der Waals surface area (Å²) in [5.74, 6) is -0.544. The van der Waals surface area contributed by atoms with Crippen molar-refractivity contribution in [1.82, 2.24) is 15.2 Å². The highest BCUT2D eigenvalue weighted by molar-refractivity contribution is 5.81. The molecule has 0 saturated heterocycles. The average molecular weight is 359 g/mol. The first kappa shape index (κ1) is 16.8. The van der Waals surface area contributed by atoms with E-state index in [2.05, 4.69) is 15.2 Å². The number of halogens is 2. The quantitative estimate of drug-likeness (QED) is 0.516. The van der Waals surface area contributed by atoms with Gasteiger partial charge in [0.2, 0.25) is 0 Å². The van der Waals surface area contributed by atoms with Crippen LogP contribution in [0.25, 0.3) is 34.5 Å². The van der Waals surface area contributed by atoms with Gasteiger partial charge in [-0.1, -0.05) is 18.2 Å². The number of hydrogen-bond acceptors (Lipinski definition) is 2. The van der Waals surface area contributed by atoms with Crippen molar-refractivity contribution >= 4 is 12.2 Å². The Morgan fingerprint density at radius 1 is 0.778 bits per heavy atom. The second kappa shape index (κ2) is 7.33. The van der Waals surface area contributed by atoms with E-state index in [0.29, 0.717) is 0 Å². The van der Waals surface area contributed by atoms with Gasteiger partial charge in [-0.15, -0.1) is 0 Å². The fourth-order valence-electron chi connectivity index (χ4n) is 2.80. The van der Waals surface area contributed by atoms with Crippen molar-refractivity contribution in [2.75, 3.05) is 0 Å². The number of rotatable bonds is 4. The Balaban J connectivity index is 1.64. The van der Waals surface area contributed by atoms with Gasteiger partial charge in [0.15, 0.2) is 0 Å². The molecule has 3 nitrogen and oxygen atoms in total. The maximum absolute atomic E-state index is 13.2. The lowest BCUT2D eigenvalue weighted by molar-refractivity contribution is 0.627. The molecule has 0 aliphatic carbocycles. The zero-order chi connectivity index (χ0) is 18.6. The van der Waals surface area contributed by atoms with E-state index in [1.165, 1.54) is 24.3 Å². The molecule has 0 spiro atoms. The Kier molecular flexibility index (Phi) is 4.58. The molecule has 0 unspecified atom stereocenters. The van der Waals surface area contributed by atoms with E-state index in [4.69, 9.17) is 0 Å². The zero-order valence-electron chi connectivity index (χ0n) is 14.2. The lowest BCUT2D eigenvalue weighted by Gasteiger charge is -2.05. The number of nitrogens with zero attached hydrogens (tertiary/aromatic N) is 2. The van der Waals surface area contributed by atoms with Crippen LogP contribution in [0.15, 0.2) is 73.1 Å². The van der Waals surface area contributed by atoms with E-state index >= 15 is 0 Å². The van der Waals surface area contributed by atoms with E-state index < -0.39 is 0 Å². The molecule has 0 atom stereocenters. The second-order valence-corrected chi connectivity index (χ2v) is 6.02. The standard InChI is InChI=1S/C22H15F2N3/c23-18-6-1-15(2-7-18)3-10-20-13-17(11-12-25-20)21-14-26-27-22(21)16-4-8-19(24)9-5-16/h1-14H,(H,26,27)/b10-3+. The number of hydrogen-bond donors (Lipinski definition) is 1. The molecule has 0 radical (unpaired) electrons. The van der Waals surface area contributed by atoms with Crippen molar-refractivity contribution in [3.8, 4) is 22.4 Å². The first-order valence-electron chi connectivity index (χ1n) is 8.38. The third kappa shape index (κ3) is 3.82. The van der Waals surface area contributed by atoms with Crippen LogP contribution in [0.1, 0.15) is 11.3 Å². The van der Waals surface area contributed by atoms with Crippen molar-refractivity contribution in [3.63, 3.8) is 0 Å². The lowest BCUT2D eigenvalue weighted by Crippen LogP contribution is -1.86. The van der Waals surface area contributed by atoms with Gasteiger partial charge in [-0.3, -0.25) is 10.1 Å². The van der Waals surface area contributed by atoms with Gasteiger partial charge in [0.05, 0.1) is 17.6 Å². The van der Waals surface area contributed by atoms with Crippen molar-refractivity contribution in [2.45, 2.75) is 0 Å². The molecule has 0 fully saturated rings. The minimum Gasteiger partial charge on any atom is -0.277 e. The summed E-state index contributed by atoms with van der Waals surface area (Å²) >= 11 is 0. The molecular formula is C22H15F2N3. The van der Waals surface area contributed by atoms with E-state index in [1.54, 1.807) is 36.7 Å². The maximum Gasteiger partial charge on any atom is 0.123 e. The molecule has 0 aliphatic rings. The van der Waals surface area contributed by atoms with Gasteiger partial charge in [-0.25, -0.2) is 8.78 Å². The summed E-state index contributed by atoms with van der Waals surface area (Å²) < 4.78 is 26.2. The Morgan fingerprint density at radius 2 is 1.48 bits per heavy atom. The van der Waals surface area contributed by atoms with Crippen LogP contribution < -0.4 is 0 Å². The van der Waals surface area contributed by atoms with Crippen LogP contribution in [-0.4, -0.2) is 15.2 Å². The summed E-state index contributed by atoms with van der Waals surface area (Å²) in [5, 5.41) is 7.11. The van der Waals surface area contributed by atoms with Gasteiger partial charge >= 0.3 is 0 Å². The first-order valence-corrected chi connectivity index (χ1v) is 8.38. The molecule has 27 heavy (non-hydrogen) atoms. The van der Waals surface area contributed by atoms with Gasteiger partial charge in [-0.05, 0) is 65.7 Å². The summed E-state index contributed by atoms with van der Waals surface area (Å²) in [4.78, 5) is 4.35. The monoisotopic (exact) mass is 359 g/mol. The molecule has 5 heteroatoms. The van der Waals surface area contributed by atoms with Gasteiger partial charge in [0, 0.05) is 17.3 Å². The third-order valence-corrected chi connectivity index (χ3v) is 4.18. The number of nitrogens with one attached hydrogen (secondary N) is 1. The minimum absolute atomic E-state index is 0.263. The van der Waals surface area contributed by atoms with Gasteiger partial charge in [-0.2, -0.15) is 5.10 Å². The van der Waals surface area contributed by atoms with Crippen molar-refractivity contribution < 1.29 is 8.78 Å². The number of pyridine rings is 1. The molecule has 0 amide bonds. The number of H-pyrrole nitrogens is 1. The SMILES string of the molecule is Fc1ccc(/C=C/c2cc(-c3cn[nH]c3-c3ccc(F)cc3)ccn2)cc1. The van der Waals surface area contributed by atoms with E-state index in [9.17, 15) is 8.78 Å². The average Bonchev–Trinajstić information content (AvgIpc) is 3.18. The summed E-state index contributed by atoms with van der Waals surface area (Å²) in [6, 6.07) is 16.4. The smallest absolute Gasteiger partial charge is 0.123 e. The molecule has 0 aliphatic heterocycles. The van der Waals surface area contributed by atoms with Crippen LogP contribution in [0.4, 0.5) is 8.78 Å². The Labute approximate surface area is 155 Å². The Hall–Kier alpha value is -3.60. The maximum atomic E-state index is 13.2. The van der Waals surface area contributed by atoms with Gasteiger partial charge in [0.1, 0.15) is 11.6 Å². The highest BCUT2D eigenvalue weighted by atomic mass is 19.1. The normalized spacial score (nSPS) is 11.2. The molecular weight excluding hydrogens is 344 g/mol. The molecule has 4 aromatic rings. The zero-order valence-corrected chi connectivity index (χ0v) is 14.2. The molecule has 2 aromatic heterocycles. The van der Waals surface area contributed by atoms with E-state index in [1.807, 2.05) is 24.3 Å². The van der Waals surface area contributed by atoms with E-state index in [-0.39, 0.29) is 11.6 Å². The fourth-order valence-corrected chi connectivity index (χ4v) is 2.80. The Bertz CT molecular complexity index is 1080. The lowest BCUT2D eigenvalue weighted by atomic mass is 10.0. The highest BCUT2D eigenvalue weighted by Crippen LogP contribution is 2.30. The van der Waals surface area contributed by atoms with Crippen molar-refractivity contribution in [2.24, 2.45) is 0 Å². The second-order valence-electron chi connectivity index (χ2n) is 6.02. The van der Waals surface area contributed by atoms with Gasteiger partial charge in [0.25, 0.3) is 0 Å². The number of aromatic nitrogens is 3. The number of benzene rings is 2. The molecule has 4 rings (SSSR count). The van der Waals surface area contributed by atoms with E-state index in [0.717, 1.165) is 33.6 Å². The highest BCUT2D eigenvalue weighted by Gasteiger charge is 2.10. The fraction of sp³-hybridized carbons (Fsp3) is 0. The van der Waals surface area contributed by atoms with Crippen LogP contribution >= 0.6 is 0 Å². The molecule has 0 bridgehead atoms. The summed E-state index contributed by atoms with van der Waals surface area (Å²) in [5.41, 5.74) is 5.16. The summed E-state index contributed by atoms with van der Waals surface area (Å²) in [6.07, 6.45) is 7.21. The topological polar surface area (TPSA) is 41.6 Å². The molecule has 0 saturated carbocycles. The van der Waals surface area contributed by atoms with Crippen LogP contribution in [0.2, 0.25) is 0 Å². The number of aromatic amines is 1. The van der Waals surface area contributed by atoms with Crippen LogP contribution in [0.3, 0.4) is 0 Å². The van der Waals surface area contributed by atoms with Crippen LogP contribution in [-0.2, 0) is 0 Å². The summed E-state index contributed by atoms with van der Waals surface area (Å²) in [6.45, 7) is 0. The van der Waals surface area contributed by atoms with Crippen molar-refractivity contribution in [3.05, 3.63) is 95.9 Å². The Morgan fingerprint density at radius 3 is 2.22 bits per heavy atom. The first-order chi connectivity index (χ1) is 13.2. The minimum atomic E-state index is -0.281.